The van der Waals surface area contributed by atoms with Crippen molar-refractivity contribution in [3.05, 3.63) is 33.0 Å². The summed E-state index contributed by atoms with van der Waals surface area (Å²) in [7, 11) is 1.90. The smallest absolute Gasteiger partial charge is 0.252 e. The Morgan fingerprint density at radius 3 is 2.79 bits per heavy atom. The molecule has 0 saturated carbocycles. The highest BCUT2D eigenvalue weighted by Crippen LogP contribution is 2.19. The number of nitrogens with one attached hydrogen (secondary N) is 1. The fraction of sp³-hybridized carbons (Fsp3) is 0.417. The Morgan fingerprint density at radius 2 is 2.26 bits per heavy atom. The van der Waals surface area contributed by atoms with Gasteiger partial charge in [0, 0.05) is 18.3 Å². The number of halogens is 1. The van der Waals surface area contributed by atoms with Crippen molar-refractivity contribution in [1.29, 1.82) is 0 Å². The molecule has 2 aromatic rings. The monoisotopic (exact) mass is 298 g/mol. The molecular formula is C12H15ClN4OS. The fourth-order valence-electron chi connectivity index (χ4n) is 1.72. The Hall–Kier alpha value is -1.40. The molecule has 0 radical (unpaired) electrons. The van der Waals surface area contributed by atoms with E-state index in [1.807, 2.05) is 11.6 Å². The van der Waals surface area contributed by atoms with E-state index in [9.17, 15) is 4.79 Å². The number of aromatic nitrogens is 3. The van der Waals surface area contributed by atoms with E-state index >= 15 is 0 Å². The second kappa shape index (κ2) is 5.71. The molecule has 0 bridgehead atoms. The quantitative estimate of drug-likeness (QED) is 0.944. The van der Waals surface area contributed by atoms with E-state index in [-0.39, 0.29) is 5.91 Å². The predicted octanol–water partition coefficient (Wildman–Crippen LogP) is 2.58. The summed E-state index contributed by atoms with van der Waals surface area (Å²) in [6.07, 6.45) is 0. The average molecular weight is 299 g/mol. The van der Waals surface area contributed by atoms with E-state index in [0.29, 0.717) is 22.4 Å². The highest BCUT2D eigenvalue weighted by molar-refractivity contribution is 7.14. The highest BCUT2D eigenvalue weighted by Gasteiger charge is 2.13. The van der Waals surface area contributed by atoms with E-state index in [4.69, 9.17) is 11.6 Å². The van der Waals surface area contributed by atoms with Gasteiger partial charge in [-0.3, -0.25) is 4.79 Å². The maximum Gasteiger partial charge on any atom is 0.252 e. The van der Waals surface area contributed by atoms with Crippen molar-refractivity contribution in [2.75, 3.05) is 0 Å². The number of hydrogen-bond donors (Lipinski definition) is 1. The Bertz CT molecular complexity index is 590. The fourth-order valence-corrected chi connectivity index (χ4v) is 2.58. The molecule has 2 aromatic heterocycles. The lowest BCUT2D eigenvalue weighted by molar-refractivity contribution is 0.0950. The number of thiophene rings is 1. The molecule has 0 aliphatic carbocycles. The molecule has 0 unspecified atom stereocenters. The third kappa shape index (κ3) is 3.13. The van der Waals surface area contributed by atoms with E-state index in [1.165, 1.54) is 11.3 Å². The van der Waals surface area contributed by atoms with Crippen LogP contribution in [0.25, 0.3) is 0 Å². The summed E-state index contributed by atoms with van der Waals surface area (Å²) in [6, 6.07) is 1.65. The first-order valence-electron chi connectivity index (χ1n) is 5.89. The summed E-state index contributed by atoms with van der Waals surface area (Å²) in [5.41, 5.74) is 0.571. The van der Waals surface area contributed by atoms with Crippen molar-refractivity contribution in [3.8, 4) is 0 Å². The molecule has 0 spiro atoms. The van der Waals surface area contributed by atoms with Crippen LogP contribution in [0, 0.1) is 0 Å². The number of nitrogens with zero attached hydrogens (tertiary/aromatic N) is 3. The molecule has 2 rings (SSSR count). The summed E-state index contributed by atoms with van der Waals surface area (Å²) in [6.45, 7) is 4.46. The van der Waals surface area contributed by atoms with Gasteiger partial charge in [-0.05, 0) is 6.07 Å². The first-order valence-corrected chi connectivity index (χ1v) is 7.15. The van der Waals surface area contributed by atoms with E-state index in [2.05, 4.69) is 29.4 Å². The van der Waals surface area contributed by atoms with Crippen LogP contribution in [0.4, 0.5) is 0 Å². The van der Waals surface area contributed by atoms with Gasteiger partial charge >= 0.3 is 0 Å². The van der Waals surface area contributed by atoms with Crippen LogP contribution in [0.5, 0.6) is 0 Å². The molecule has 0 aliphatic rings. The van der Waals surface area contributed by atoms with Crippen molar-refractivity contribution < 1.29 is 4.79 Å². The van der Waals surface area contributed by atoms with Crippen molar-refractivity contribution in [2.45, 2.75) is 26.3 Å². The van der Waals surface area contributed by atoms with Gasteiger partial charge in [-0.1, -0.05) is 25.4 Å². The summed E-state index contributed by atoms with van der Waals surface area (Å²) in [4.78, 5) is 11.9. The Labute approximate surface area is 120 Å². The lowest BCUT2D eigenvalue weighted by Crippen LogP contribution is -2.24. The van der Waals surface area contributed by atoms with Crippen LogP contribution in [0.15, 0.2) is 11.4 Å². The molecule has 1 N–H and O–H groups in total. The van der Waals surface area contributed by atoms with Crippen LogP contribution < -0.4 is 5.32 Å². The van der Waals surface area contributed by atoms with Gasteiger partial charge in [-0.25, -0.2) is 0 Å². The predicted molar refractivity (Wildman–Crippen MR) is 75.6 cm³/mol. The molecule has 102 valence electrons. The van der Waals surface area contributed by atoms with Gasteiger partial charge in [0.25, 0.3) is 5.91 Å². The molecule has 19 heavy (non-hydrogen) atoms. The maximum atomic E-state index is 11.9. The minimum Gasteiger partial charge on any atom is -0.345 e. The van der Waals surface area contributed by atoms with Crippen molar-refractivity contribution in [2.24, 2.45) is 7.05 Å². The first-order chi connectivity index (χ1) is 8.99. The SMILES string of the molecule is CC(C)c1nnc(CNC(=O)c2csc(Cl)c2)n1C. The Kier molecular flexibility index (Phi) is 4.21. The lowest BCUT2D eigenvalue weighted by Gasteiger charge is -2.06. The maximum absolute atomic E-state index is 11.9. The number of carbonyl (C=O) groups excluding carboxylic acids is 1. The zero-order chi connectivity index (χ0) is 14.0. The Morgan fingerprint density at radius 1 is 1.53 bits per heavy atom. The van der Waals surface area contributed by atoms with Crippen LogP contribution in [-0.4, -0.2) is 20.7 Å². The zero-order valence-corrected chi connectivity index (χ0v) is 12.5. The lowest BCUT2D eigenvalue weighted by atomic mass is 10.2. The minimum absolute atomic E-state index is 0.155. The van der Waals surface area contributed by atoms with Gasteiger partial charge < -0.3 is 9.88 Å². The van der Waals surface area contributed by atoms with Crippen LogP contribution >= 0.6 is 22.9 Å². The largest absolute Gasteiger partial charge is 0.345 e. The van der Waals surface area contributed by atoms with Gasteiger partial charge in [0.2, 0.25) is 0 Å². The average Bonchev–Trinajstić information content (AvgIpc) is 2.93. The molecule has 2 heterocycles. The van der Waals surface area contributed by atoms with Crippen molar-refractivity contribution in [1.82, 2.24) is 20.1 Å². The van der Waals surface area contributed by atoms with Crippen LogP contribution in [-0.2, 0) is 13.6 Å². The summed E-state index contributed by atoms with van der Waals surface area (Å²) >= 11 is 7.13. The first kappa shape index (κ1) is 14.0. The summed E-state index contributed by atoms with van der Waals surface area (Å²) < 4.78 is 2.51. The number of amides is 1. The standard InChI is InChI=1S/C12H15ClN4OS/c1-7(2)11-16-15-10(17(11)3)5-14-12(18)8-4-9(13)19-6-8/h4,6-7H,5H2,1-3H3,(H,14,18). The minimum atomic E-state index is -0.155. The highest BCUT2D eigenvalue weighted by atomic mass is 35.5. The second-order valence-electron chi connectivity index (χ2n) is 4.51. The third-order valence-electron chi connectivity index (χ3n) is 2.75. The van der Waals surface area contributed by atoms with Gasteiger partial charge in [0.15, 0.2) is 5.82 Å². The Balaban J connectivity index is 2.01. The number of carbonyl (C=O) groups is 1. The summed E-state index contributed by atoms with van der Waals surface area (Å²) in [5.74, 6) is 1.79. The molecule has 0 aliphatic heterocycles. The normalized spacial score (nSPS) is 11.0. The molecule has 0 aromatic carbocycles. The van der Waals surface area contributed by atoms with Crippen molar-refractivity contribution >= 4 is 28.8 Å². The van der Waals surface area contributed by atoms with E-state index in [0.717, 1.165) is 11.6 Å². The van der Waals surface area contributed by atoms with E-state index in [1.54, 1.807) is 11.4 Å². The van der Waals surface area contributed by atoms with Gasteiger partial charge in [-0.15, -0.1) is 21.5 Å². The third-order valence-corrected chi connectivity index (χ3v) is 3.84. The van der Waals surface area contributed by atoms with Crippen LogP contribution in [0.2, 0.25) is 4.34 Å². The van der Waals surface area contributed by atoms with Gasteiger partial charge in [-0.2, -0.15) is 0 Å². The van der Waals surface area contributed by atoms with Crippen LogP contribution in [0.3, 0.4) is 0 Å². The van der Waals surface area contributed by atoms with Crippen molar-refractivity contribution in [3.63, 3.8) is 0 Å². The molecular weight excluding hydrogens is 284 g/mol. The van der Waals surface area contributed by atoms with E-state index < -0.39 is 0 Å². The topological polar surface area (TPSA) is 59.8 Å². The van der Waals surface area contributed by atoms with Crippen LogP contribution in [0.1, 0.15) is 41.8 Å². The zero-order valence-electron chi connectivity index (χ0n) is 11.0. The van der Waals surface area contributed by atoms with Gasteiger partial charge in [0.1, 0.15) is 5.82 Å². The second-order valence-corrected chi connectivity index (χ2v) is 6.05. The molecule has 7 heteroatoms. The molecule has 0 saturated heterocycles. The molecule has 0 fully saturated rings. The molecule has 0 atom stereocenters. The molecule has 5 nitrogen and oxygen atoms in total. The number of rotatable bonds is 4. The number of hydrogen-bond acceptors (Lipinski definition) is 4. The van der Waals surface area contributed by atoms with Gasteiger partial charge in [0.05, 0.1) is 16.4 Å². The molecule has 1 amide bonds. The summed E-state index contributed by atoms with van der Waals surface area (Å²) in [5, 5.41) is 12.7.